The first-order valence-electron chi connectivity index (χ1n) is 8.36. The molecule has 0 radical (unpaired) electrons. The topological polar surface area (TPSA) is 66.8 Å². The van der Waals surface area contributed by atoms with E-state index in [1.807, 2.05) is 13.8 Å². The Morgan fingerprint density at radius 3 is 2.00 bits per heavy atom. The maximum absolute atomic E-state index is 12.7. The number of anilines is 1. The van der Waals surface area contributed by atoms with Gasteiger partial charge in [-0.05, 0) is 55.8 Å². The van der Waals surface area contributed by atoms with E-state index < -0.39 is 29.3 Å². The summed E-state index contributed by atoms with van der Waals surface area (Å²) in [7, 11) is 0. The molecule has 0 fully saturated rings. The zero-order chi connectivity index (χ0) is 20.6. The Morgan fingerprint density at radius 2 is 1.50 bits per heavy atom. The second kappa shape index (κ2) is 7.03. The van der Waals surface area contributed by atoms with E-state index in [0.29, 0.717) is 16.2 Å². The van der Waals surface area contributed by atoms with Crippen LogP contribution in [0.25, 0.3) is 5.57 Å². The molecule has 1 aliphatic heterocycles. The molecule has 1 N–H and O–H groups in total. The molecule has 0 saturated heterocycles. The predicted octanol–water partition coefficient (Wildman–Crippen LogP) is 4.34. The molecule has 0 saturated carbocycles. The highest BCUT2D eigenvalue weighted by atomic mass is 19.4. The van der Waals surface area contributed by atoms with Crippen LogP contribution in [0, 0.1) is 0 Å². The van der Waals surface area contributed by atoms with Crippen molar-refractivity contribution in [3.8, 4) is 5.75 Å². The number of aliphatic hydroxyl groups is 1. The number of amides is 2. The van der Waals surface area contributed by atoms with Gasteiger partial charge >= 0.3 is 12.1 Å². The number of halogens is 3. The van der Waals surface area contributed by atoms with Crippen LogP contribution in [0.1, 0.15) is 25.0 Å². The number of ether oxygens (including phenoxy) is 1. The smallest absolute Gasteiger partial charge is 0.416 e. The zero-order valence-corrected chi connectivity index (χ0v) is 14.9. The Bertz CT molecular complexity index is 945. The van der Waals surface area contributed by atoms with Gasteiger partial charge in [0.1, 0.15) is 5.75 Å². The number of imide groups is 1. The number of rotatable bonds is 4. The Labute approximate surface area is 158 Å². The molecule has 146 valence electrons. The van der Waals surface area contributed by atoms with Crippen LogP contribution >= 0.6 is 0 Å². The molecular weight excluding hydrogens is 375 g/mol. The lowest BCUT2D eigenvalue weighted by Crippen LogP contribution is -2.31. The normalized spacial score (nSPS) is 15.0. The van der Waals surface area contributed by atoms with E-state index >= 15 is 0 Å². The van der Waals surface area contributed by atoms with Gasteiger partial charge in [-0.25, -0.2) is 4.90 Å². The monoisotopic (exact) mass is 391 g/mol. The molecule has 8 heteroatoms. The molecule has 0 aromatic heterocycles. The van der Waals surface area contributed by atoms with Crippen molar-refractivity contribution < 1.29 is 32.6 Å². The Hall–Kier alpha value is -3.29. The molecule has 3 rings (SSSR count). The number of hydrogen-bond acceptors (Lipinski definition) is 4. The van der Waals surface area contributed by atoms with Crippen molar-refractivity contribution in [3.63, 3.8) is 0 Å². The van der Waals surface area contributed by atoms with Crippen LogP contribution in [0.2, 0.25) is 0 Å². The van der Waals surface area contributed by atoms with Crippen LogP contribution < -0.4 is 9.64 Å². The quantitative estimate of drug-likeness (QED) is 0.788. The minimum Gasteiger partial charge on any atom is -0.502 e. The van der Waals surface area contributed by atoms with Crippen LogP contribution in [0.4, 0.5) is 18.9 Å². The molecule has 1 heterocycles. The SMILES string of the molecule is CC(C)Oc1ccc(C2=C(O)C(=O)N(c3ccc(C(F)(F)F)cc3)C2=O)cc1. The van der Waals surface area contributed by atoms with Crippen LogP contribution in [0.5, 0.6) is 5.75 Å². The molecule has 28 heavy (non-hydrogen) atoms. The summed E-state index contributed by atoms with van der Waals surface area (Å²) >= 11 is 0. The van der Waals surface area contributed by atoms with Crippen molar-refractivity contribution in [3.05, 3.63) is 65.4 Å². The molecule has 2 aromatic carbocycles. The maximum atomic E-state index is 12.7. The fraction of sp³-hybridized carbons (Fsp3) is 0.200. The van der Waals surface area contributed by atoms with Gasteiger partial charge in [0.25, 0.3) is 5.91 Å². The Balaban J connectivity index is 1.90. The van der Waals surface area contributed by atoms with E-state index in [2.05, 4.69) is 0 Å². The number of aliphatic hydroxyl groups excluding tert-OH is 1. The first-order valence-corrected chi connectivity index (χ1v) is 8.36. The first kappa shape index (κ1) is 19.5. The van der Waals surface area contributed by atoms with Gasteiger partial charge in [0, 0.05) is 0 Å². The van der Waals surface area contributed by atoms with Crippen LogP contribution in [-0.2, 0) is 15.8 Å². The van der Waals surface area contributed by atoms with Crippen molar-refractivity contribution in [2.24, 2.45) is 0 Å². The van der Waals surface area contributed by atoms with Gasteiger partial charge in [0.05, 0.1) is 22.9 Å². The number of carbonyl (C=O) groups excluding carboxylic acids is 2. The Kier molecular flexibility index (Phi) is 4.89. The molecule has 5 nitrogen and oxygen atoms in total. The lowest BCUT2D eigenvalue weighted by molar-refractivity contribution is -0.137. The number of hydrogen-bond donors (Lipinski definition) is 1. The minimum atomic E-state index is -4.54. The molecule has 0 aliphatic carbocycles. The number of benzene rings is 2. The molecule has 1 aliphatic rings. The Morgan fingerprint density at radius 1 is 0.929 bits per heavy atom. The van der Waals surface area contributed by atoms with Gasteiger partial charge in [-0.15, -0.1) is 0 Å². The third-order valence-corrected chi connectivity index (χ3v) is 4.03. The molecular formula is C20H16F3NO4. The first-order chi connectivity index (χ1) is 13.1. The van der Waals surface area contributed by atoms with E-state index in [4.69, 9.17) is 4.74 Å². The van der Waals surface area contributed by atoms with Crippen molar-refractivity contribution in [2.75, 3.05) is 4.90 Å². The summed E-state index contributed by atoms with van der Waals surface area (Å²) in [6, 6.07) is 9.77. The average molecular weight is 391 g/mol. The van der Waals surface area contributed by atoms with Crippen molar-refractivity contribution in [1.29, 1.82) is 0 Å². The highest BCUT2D eigenvalue weighted by molar-refractivity contribution is 6.44. The van der Waals surface area contributed by atoms with E-state index in [1.165, 1.54) is 12.1 Å². The number of nitrogens with zero attached hydrogens (tertiary/aromatic N) is 1. The van der Waals surface area contributed by atoms with Gasteiger partial charge in [0.15, 0.2) is 5.76 Å². The zero-order valence-electron chi connectivity index (χ0n) is 14.9. The summed E-state index contributed by atoms with van der Waals surface area (Å²) in [6.07, 6.45) is -4.59. The largest absolute Gasteiger partial charge is 0.502 e. The molecule has 0 atom stereocenters. The van der Waals surface area contributed by atoms with Crippen molar-refractivity contribution in [1.82, 2.24) is 0 Å². The van der Waals surface area contributed by atoms with Crippen LogP contribution in [-0.4, -0.2) is 23.0 Å². The lowest BCUT2D eigenvalue weighted by Gasteiger charge is -2.16. The molecule has 2 aromatic rings. The van der Waals surface area contributed by atoms with Crippen LogP contribution in [0.3, 0.4) is 0 Å². The van der Waals surface area contributed by atoms with Gasteiger partial charge < -0.3 is 9.84 Å². The molecule has 0 unspecified atom stereocenters. The van der Waals surface area contributed by atoms with Gasteiger partial charge in [-0.2, -0.15) is 13.2 Å². The summed E-state index contributed by atoms with van der Waals surface area (Å²) in [4.78, 5) is 25.7. The third kappa shape index (κ3) is 3.58. The van der Waals surface area contributed by atoms with E-state index in [0.717, 1.165) is 24.3 Å². The summed E-state index contributed by atoms with van der Waals surface area (Å²) in [5.74, 6) is -2.03. The highest BCUT2D eigenvalue weighted by Gasteiger charge is 2.40. The predicted molar refractivity (Wildman–Crippen MR) is 95.7 cm³/mol. The second-order valence-electron chi connectivity index (χ2n) is 6.40. The highest BCUT2D eigenvalue weighted by Crippen LogP contribution is 2.35. The summed E-state index contributed by atoms with van der Waals surface area (Å²) < 4.78 is 43.6. The number of alkyl halides is 3. The third-order valence-electron chi connectivity index (χ3n) is 4.03. The minimum absolute atomic E-state index is 0.0525. The van der Waals surface area contributed by atoms with Gasteiger partial charge in [0.2, 0.25) is 0 Å². The fourth-order valence-corrected chi connectivity index (χ4v) is 2.78. The molecule has 0 bridgehead atoms. The van der Waals surface area contributed by atoms with E-state index in [-0.39, 0.29) is 17.4 Å². The van der Waals surface area contributed by atoms with E-state index in [1.54, 1.807) is 12.1 Å². The van der Waals surface area contributed by atoms with E-state index in [9.17, 15) is 27.9 Å². The van der Waals surface area contributed by atoms with Crippen molar-refractivity contribution >= 4 is 23.1 Å². The standard InChI is InChI=1S/C20H16F3NO4/c1-11(2)28-15-9-3-12(4-10-15)16-17(25)19(27)24(18(16)26)14-7-5-13(6-8-14)20(21,22)23/h3-11,25H,1-2H3. The summed E-state index contributed by atoms with van der Waals surface area (Å²) in [5, 5.41) is 10.2. The van der Waals surface area contributed by atoms with Crippen molar-refractivity contribution in [2.45, 2.75) is 26.1 Å². The summed E-state index contributed by atoms with van der Waals surface area (Å²) in [5.41, 5.74) is -0.903. The lowest BCUT2D eigenvalue weighted by atomic mass is 10.1. The number of carbonyl (C=O) groups is 2. The van der Waals surface area contributed by atoms with Gasteiger partial charge in [-0.1, -0.05) is 12.1 Å². The maximum Gasteiger partial charge on any atom is 0.416 e. The average Bonchev–Trinajstić information content (AvgIpc) is 2.84. The van der Waals surface area contributed by atoms with Crippen LogP contribution in [0.15, 0.2) is 54.3 Å². The fourth-order valence-electron chi connectivity index (χ4n) is 2.78. The second-order valence-corrected chi connectivity index (χ2v) is 6.40. The van der Waals surface area contributed by atoms with Gasteiger partial charge in [-0.3, -0.25) is 9.59 Å². The summed E-state index contributed by atoms with van der Waals surface area (Å²) in [6.45, 7) is 3.70. The molecule has 2 amide bonds. The molecule has 0 spiro atoms.